The molecule has 0 spiro atoms. The zero-order valence-electron chi connectivity index (χ0n) is 19.6. The van der Waals surface area contributed by atoms with Gasteiger partial charge in [0.25, 0.3) is 0 Å². The van der Waals surface area contributed by atoms with Crippen LogP contribution in [-0.2, 0) is 22.4 Å². The molecular weight excluding hydrogens is 433 g/mol. The molecule has 182 valence electrons. The number of nitrogens with one attached hydrogen (secondary N) is 1. The highest BCUT2D eigenvalue weighted by atomic mass is 19.1. The minimum absolute atomic E-state index is 0.0900. The van der Waals surface area contributed by atoms with E-state index in [2.05, 4.69) is 17.4 Å². The van der Waals surface area contributed by atoms with Crippen molar-refractivity contribution in [2.45, 2.75) is 69.2 Å². The molecule has 1 aliphatic carbocycles. The van der Waals surface area contributed by atoms with Crippen LogP contribution in [0.25, 0.3) is 0 Å². The van der Waals surface area contributed by atoms with Crippen molar-refractivity contribution in [1.82, 2.24) is 9.88 Å². The Kier molecular flexibility index (Phi) is 7.11. The first kappa shape index (κ1) is 23.2. The largest absolute Gasteiger partial charge is 0.480 e. The summed E-state index contributed by atoms with van der Waals surface area (Å²) in [5.41, 5.74) is 4.26. The fraction of sp³-hybridized carbons (Fsp3) is 0.556. The fourth-order valence-electron chi connectivity index (χ4n) is 5.29. The van der Waals surface area contributed by atoms with Crippen molar-refractivity contribution in [2.75, 3.05) is 31.6 Å². The number of benzene rings is 1. The van der Waals surface area contributed by atoms with Gasteiger partial charge in [0.05, 0.1) is 0 Å². The van der Waals surface area contributed by atoms with E-state index in [9.17, 15) is 14.3 Å². The summed E-state index contributed by atoms with van der Waals surface area (Å²) in [5, 5.41) is 13.4. The fourth-order valence-corrected chi connectivity index (χ4v) is 5.29. The number of carbonyl (C=O) groups is 1. The Morgan fingerprint density at radius 1 is 1.21 bits per heavy atom. The lowest BCUT2D eigenvalue weighted by Gasteiger charge is -2.26. The van der Waals surface area contributed by atoms with Crippen LogP contribution >= 0.6 is 0 Å². The summed E-state index contributed by atoms with van der Waals surface area (Å²) in [4.78, 5) is 18.7. The van der Waals surface area contributed by atoms with Crippen molar-refractivity contribution < 1.29 is 19.0 Å². The Hall–Kier alpha value is -2.51. The molecule has 7 heteroatoms. The van der Waals surface area contributed by atoms with Gasteiger partial charge in [-0.25, -0.2) is 9.37 Å². The van der Waals surface area contributed by atoms with Crippen molar-refractivity contribution in [3.05, 3.63) is 58.8 Å². The molecule has 1 aromatic heterocycles. The normalized spacial score (nSPS) is 23.3. The molecule has 0 bridgehead atoms. The molecule has 2 N–H and O–H groups in total. The lowest BCUT2D eigenvalue weighted by Crippen LogP contribution is -2.34. The van der Waals surface area contributed by atoms with E-state index >= 15 is 0 Å². The van der Waals surface area contributed by atoms with Gasteiger partial charge in [-0.2, -0.15) is 0 Å². The van der Waals surface area contributed by atoms with Gasteiger partial charge in [-0.05, 0) is 73.6 Å². The summed E-state index contributed by atoms with van der Waals surface area (Å²) >= 11 is 0. The number of fused-ring (bicyclic) bond motifs is 1. The minimum atomic E-state index is -1.18. The summed E-state index contributed by atoms with van der Waals surface area (Å²) in [5.74, 6) is 0.532. The first-order chi connectivity index (χ1) is 16.6. The maximum atomic E-state index is 14.8. The first-order valence-corrected chi connectivity index (χ1v) is 12.6. The van der Waals surface area contributed by atoms with Crippen LogP contribution in [-0.4, -0.2) is 59.5 Å². The third-order valence-electron chi connectivity index (χ3n) is 7.24. The van der Waals surface area contributed by atoms with E-state index in [4.69, 9.17) is 9.72 Å². The van der Waals surface area contributed by atoms with E-state index in [0.717, 1.165) is 74.1 Å². The quantitative estimate of drug-likeness (QED) is 0.501. The number of hydrogen-bond acceptors (Lipinski definition) is 5. The molecular formula is C27H34FN3O3. The van der Waals surface area contributed by atoms with Crippen LogP contribution in [0.1, 0.15) is 66.4 Å². The van der Waals surface area contributed by atoms with Gasteiger partial charge in [0, 0.05) is 31.9 Å². The molecule has 34 heavy (non-hydrogen) atoms. The number of aromatic nitrogens is 1. The molecule has 2 aromatic rings. The van der Waals surface area contributed by atoms with Crippen molar-refractivity contribution >= 4 is 11.8 Å². The second kappa shape index (κ2) is 10.4. The average Bonchev–Trinajstić information content (AvgIpc) is 3.62. The number of halogens is 1. The Labute approximate surface area is 200 Å². The van der Waals surface area contributed by atoms with E-state index < -0.39 is 24.3 Å². The Morgan fingerprint density at radius 2 is 2.06 bits per heavy atom. The lowest BCUT2D eigenvalue weighted by molar-refractivity contribution is -0.143. The van der Waals surface area contributed by atoms with Gasteiger partial charge in [0.2, 0.25) is 0 Å². The molecule has 1 aromatic carbocycles. The highest BCUT2D eigenvalue weighted by Crippen LogP contribution is 2.44. The minimum Gasteiger partial charge on any atom is -0.480 e. The smallest absolute Gasteiger partial charge is 0.325 e. The predicted octanol–water partition coefficient (Wildman–Crippen LogP) is 4.50. The molecule has 1 saturated heterocycles. The molecule has 0 radical (unpaired) electrons. The average molecular weight is 468 g/mol. The molecule has 3 atom stereocenters. The molecule has 3 aliphatic rings. The van der Waals surface area contributed by atoms with E-state index in [-0.39, 0.29) is 6.54 Å². The number of rotatable bonds is 10. The van der Waals surface area contributed by atoms with Crippen LogP contribution in [0.3, 0.4) is 0 Å². The summed E-state index contributed by atoms with van der Waals surface area (Å²) in [6.45, 7) is 1.84. The number of unbranched alkanes of at least 4 members (excludes halogenated alkanes) is 1. The molecule has 2 aliphatic heterocycles. The zero-order chi connectivity index (χ0) is 23.5. The molecule has 6 nitrogen and oxygen atoms in total. The van der Waals surface area contributed by atoms with E-state index in [1.807, 2.05) is 24.3 Å². The third-order valence-corrected chi connectivity index (χ3v) is 7.24. The highest BCUT2D eigenvalue weighted by molar-refractivity contribution is 5.76. The number of alkyl halides is 1. The summed E-state index contributed by atoms with van der Waals surface area (Å²) < 4.78 is 20.7. The SMILES string of the molecule is O=C(O)[C@H](c1ccccc1C1CC1)N1C[C@@H](F)[C@@H](OCCCCc2ccc3c(n2)NCCC3)C1. The number of aliphatic carboxylic acids is 1. The van der Waals surface area contributed by atoms with Crippen molar-refractivity contribution in [3.63, 3.8) is 0 Å². The number of aryl methyl sites for hydroxylation is 2. The van der Waals surface area contributed by atoms with E-state index in [0.29, 0.717) is 19.1 Å². The third kappa shape index (κ3) is 5.26. The number of carboxylic acid groups (broad SMARTS) is 1. The van der Waals surface area contributed by atoms with Crippen LogP contribution in [0.5, 0.6) is 0 Å². The standard InChI is InChI=1S/C27H34FN3O3/c28-23-16-31(25(27(32)33)22-9-2-1-8-21(22)18-10-11-18)17-24(23)34-15-4-3-7-20-13-12-19-6-5-14-29-26(19)30-20/h1-2,8-9,12-13,18,23-25H,3-7,10-11,14-17H2,(H,29,30)(H,32,33)/t23-,24+,25+/m1/s1. The van der Waals surface area contributed by atoms with Gasteiger partial charge in [-0.3, -0.25) is 9.69 Å². The van der Waals surface area contributed by atoms with Crippen LogP contribution in [0, 0.1) is 0 Å². The zero-order valence-corrected chi connectivity index (χ0v) is 19.6. The monoisotopic (exact) mass is 467 g/mol. The summed E-state index contributed by atoms with van der Waals surface area (Å²) in [7, 11) is 0. The van der Waals surface area contributed by atoms with Gasteiger partial charge in [0.15, 0.2) is 0 Å². The second-order valence-electron chi connectivity index (χ2n) is 9.82. The number of nitrogens with zero attached hydrogens (tertiary/aromatic N) is 2. The Bertz CT molecular complexity index is 1010. The number of carboxylic acids is 1. The molecule has 0 unspecified atom stereocenters. The molecule has 5 rings (SSSR count). The maximum absolute atomic E-state index is 14.8. The Balaban J connectivity index is 1.12. The number of hydrogen-bond donors (Lipinski definition) is 2. The van der Waals surface area contributed by atoms with Crippen molar-refractivity contribution in [2.24, 2.45) is 0 Å². The van der Waals surface area contributed by atoms with Crippen molar-refractivity contribution in [3.8, 4) is 0 Å². The van der Waals surface area contributed by atoms with Crippen LogP contribution in [0.15, 0.2) is 36.4 Å². The van der Waals surface area contributed by atoms with Gasteiger partial charge < -0.3 is 15.2 Å². The Morgan fingerprint density at radius 3 is 2.88 bits per heavy atom. The molecule has 2 fully saturated rings. The predicted molar refractivity (Wildman–Crippen MR) is 129 cm³/mol. The van der Waals surface area contributed by atoms with Crippen LogP contribution in [0.4, 0.5) is 10.2 Å². The number of anilines is 1. The maximum Gasteiger partial charge on any atom is 0.325 e. The van der Waals surface area contributed by atoms with Gasteiger partial charge in [0.1, 0.15) is 24.1 Å². The van der Waals surface area contributed by atoms with Gasteiger partial charge in [-0.1, -0.05) is 30.3 Å². The van der Waals surface area contributed by atoms with Crippen molar-refractivity contribution in [1.29, 1.82) is 0 Å². The van der Waals surface area contributed by atoms with Gasteiger partial charge in [-0.15, -0.1) is 0 Å². The first-order valence-electron chi connectivity index (χ1n) is 12.6. The topological polar surface area (TPSA) is 74.7 Å². The number of ether oxygens (including phenoxy) is 1. The molecule has 0 amide bonds. The van der Waals surface area contributed by atoms with Crippen LogP contribution in [0.2, 0.25) is 0 Å². The van der Waals surface area contributed by atoms with Crippen LogP contribution < -0.4 is 5.32 Å². The molecule has 1 saturated carbocycles. The van der Waals surface area contributed by atoms with E-state index in [1.165, 1.54) is 5.56 Å². The lowest BCUT2D eigenvalue weighted by atomic mass is 9.96. The molecule has 3 heterocycles. The van der Waals surface area contributed by atoms with E-state index in [1.54, 1.807) is 4.90 Å². The number of likely N-dealkylation sites (tertiary alicyclic amines) is 1. The highest BCUT2D eigenvalue weighted by Gasteiger charge is 2.42. The summed E-state index contributed by atoms with van der Waals surface area (Å²) in [6, 6.07) is 11.2. The summed E-state index contributed by atoms with van der Waals surface area (Å²) in [6.07, 6.45) is 5.28. The second-order valence-corrected chi connectivity index (χ2v) is 9.82. The number of pyridine rings is 1. The van der Waals surface area contributed by atoms with Gasteiger partial charge >= 0.3 is 5.97 Å².